The number of para-hydroxylation sites is 1. The van der Waals surface area contributed by atoms with Crippen LogP contribution in [0.1, 0.15) is 30.0 Å². The van der Waals surface area contributed by atoms with E-state index in [4.69, 9.17) is 4.74 Å². The molecule has 6 heteroatoms. The van der Waals surface area contributed by atoms with Crippen molar-refractivity contribution in [2.24, 2.45) is 5.92 Å². The summed E-state index contributed by atoms with van der Waals surface area (Å²) in [6, 6.07) is 13.4. The maximum absolute atomic E-state index is 12.4. The molecule has 1 saturated heterocycles. The average molecular weight is 394 g/mol. The zero-order valence-corrected chi connectivity index (χ0v) is 17.0. The lowest BCUT2D eigenvalue weighted by Gasteiger charge is -2.17. The summed E-state index contributed by atoms with van der Waals surface area (Å²) in [7, 11) is 0. The smallest absolute Gasteiger partial charge is 0.311 e. The minimum absolute atomic E-state index is 0.0894. The molecule has 2 aromatic carbocycles. The molecule has 1 N–H and O–H groups in total. The van der Waals surface area contributed by atoms with Gasteiger partial charge >= 0.3 is 5.97 Å². The Morgan fingerprint density at radius 1 is 1.14 bits per heavy atom. The topological polar surface area (TPSA) is 75.7 Å². The lowest BCUT2D eigenvalue weighted by Crippen LogP contribution is -2.28. The van der Waals surface area contributed by atoms with Crippen molar-refractivity contribution in [1.29, 1.82) is 0 Å². The number of nitrogens with one attached hydrogen (secondary N) is 1. The Bertz CT molecular complexity index is 921. The van der Waals surface area contributed by atoms with Crippen LogP contribution in [0.4, 0.5) is 11.4 Å². The first-order valence-electron chi connectivity index (χ1n) is 9.81. The summed E-state index contributed by atoms with van der Waals surface area (Å²) >= 11 is 0. The lowest BCUT2D eigenvalue weighted by atomic mass is 10.1. The predicted molar refractivity (Wildman–Crippen MR) is 112 cm³/mol. The summed E-state index contributed by atoms with van der Waals surface area (Å²) in [6.45, 7) is 5.80. The number of hydrogen-bond donors (Lipinski definition) is 1. The fourth-order valence-electron chi connectivity index (χ4n) is 3.47. The molecule has 1 fully saturated rings. The van der Waals surface area contributed by atoms with E-state index in [-0.39, 0.29) is 31.4 Å². The molecule has 1 atom stereocenters. The van der Waals surface area contributed by atoms with Crippen molar-refractivity contribution in [3.05, 3.63) is 59.2 Å². The maximum atomic E-state index is 12.4. The first-order valence-corrected chi connectivity index (χ1v) is 9.81. The van der Waals surface area contributed by atoms with Gasteiger partial charge in [-0.1, -0.05) is 42.8 Å². The highest BCUT2D eigenvalue weighted by Crippen LogP contribution is 2.26. The fourth-order valence-corrected chi connectivity index (χ4v) is 3.47. The van der Waals surface area contributed by atoms with Gasteiger partial charge in [-0.3, -0.25) is 14.4 Å². The van der Waals surface area contributed by atoms with Crippen LogP contribution in [0.25, 0.3) is 0 Å². The van der Waals surface area contributed by atoms with Crippen molar-refractivity contribution >= 4 is 29.2 Å². The van der Waals surface area contributed by atoms with Gasteiger partial charge in [0, 0.05) is 24.3 Å². The van der Waals surface area contributed by atoms with Crippen molar-refractivity contribution < 1.29 is 19.1 Å². The second kappa shape index (κ2) is 8.90. The van der Waals surface area contributed by atoms with E-state index in [2.05, 4.69) is 5.32 Å². The standard InChI is InChI=1S/C23H26N2O4/c1-4-17-7-5-6-16(3)22(17)24-20(26)14-29-23(28)18-12-21(27)25(13-18)19-10-8-15(2)9-11-19/h5-11,18H,4,12-14H2,1-3H3,(H,24,26)/t18-/m1/s1. The molecule has 1 aliphatic rings. The summed E-state index contributed by atoms with van der Waals surface area (Å²) in [5.74, 6) is -1.60. The third-order valence-corrected chi connectivity index (χ3v) is 5.15. The van der Waals surface area contributed by atoms with Crippen LogP contribution in [-0.4, -0.2) is 30.9 Å². The van der Waals surface area contributed by atoms with E-state index in [1.54, 1.807) is 4.90 Å². The van der Waals surface area contributed by atoms with Crippen LogP contribution in [-0.2, 0) is 25.5 Å². The quantitative estimate of drug-likeness (QED) is 0.762. The van der Waals surface area contributed by atoms with E-state index in [9.17, 15) is 14.4 Å². The zero-order chi connectivity index (χ0) is 21.0. The normalized spacial score (nSPS) is 16.0. The predicted octanol–water partition coefficient (Wildman–Crippen LogP) is 3.40. The number of ether oxygens (including phenoxy) is 1. The Labute approximate surface area is 170 Å². The Morgan fingerprint density at radius 2 is 1.86 bits per heavy atom. The van der Waals surface area contributed by atoms with E-state index in [1.165, 1.54) is 0 Å². The summed E-state index contributed by atoms with van der Waals surface area (Å²) in [5.41, 5.74) is 4.61. The highest BCUT2D eigenvalue weighted by atomic mass is 16.5. The van der Waals surface area contributed by atoms with E-state index in [0.29, 0.717) is 0 Å². The number of benzene rings is 2. The van der Waals surface area contributed by atoms with Crippen molar-refractivity contribution in [3.63, 3.8) is 0 Å². The van der Waals surface area contributed by atoms with Crippen LogP contribution in [0.2, 0.25) is 0 Å². The second-order valence-electron chi connectivity index (χ2n) is 7.36. The van der Waals surface area contributed by atoms with Gasteiger partial charge < -0.3 is 15.0 Å². The van der Waals surface area contributed by atoms with E-state index in [1.807, 2.05) is 63.2 Å². The molecule has 152 valence electrons. The third kappa shape index (κ3) is 4.83. The minimum atomic E-state index is -0.568. The number of aryl methyl sites for hydroxylation is 3. The molecule has 0 saturated carbocycles. The third-order valence-electron chi connectivity index (χ3n) is 5.15. The number of carbonyl (C=O) groups is 3. The van der Waals surface area contributed by atoms with Gasteiger partial charge in [0.15, 0.2) is 6.61 Å². The van der Waals surface area contributed by atoms with Gasteiger partial charge in [-0.2, -0.15) is 0 Å². The summed E-state index contributed by atoms with van der Waals surface area (Å²) in [4.78, 5) is 38.5. The second-order valence-corrected chi connectivity index (χ2v) is 7.36. The fraction of sp³-hybridized carbons (Fsp3) is 0.348. The van der Waals surface area contributed by atoms with Crippen LogP contribution in [0, 0.1) is 19.8 Å². The van der Waals surface area contributed by atoms with Crippen molar-refractivity contribution in [3.8, 4) is 0 Å². The zero-order valence-electron chi connectivity index (χ0n) is 17.0. The molecule has 0 bridgehead atoms. The highest BCUT2D eigenvalue weighted by molar-refractivity contribution is 6.00. The summed E-state index contributed by atoms with van der Waals surface area (Å²) in [6.07, 6.45) is 0.877. The van der Waals surface area contributed by atoms with Crippen LogP contribution in [0.5, 0.6) is 0 Å². The molecule has 0 aliphatic carbocycles. The van der Waals surface area contributed by atoms with Gasteiger partial charge in [0.1, 0.15) is 0 Å². The van der Waals surface area contributed by atoms with Gasteiger partial charge in [0.25, 0.3) is 5.91 Å². The number of amides is 2. The molecular formula is C23H26N2O4. The molecule has 2 aromatic rings. The molecule has 0 unspecified atom stereocenters. The number of nitrogens with zero attached hydrogens (tertiary/aromatic N) is 1. The number of carbonyl (C=O) groups excluding carboxylic acids is 3. The van der Waals surface area contributed by atoms with Crippen molar-refractivity contribution in [2.75, 3.05) is 23.4 Å². The number of anilines is 2. The van der Waals surface area contributed by atoms with Crippen LogP contribution >= 0.6 is 0 Å². The summed E-state index contributed by atoms with van der Waals surface area (Å²) in [5, 5.41) is 2.83. The molecule has 0 radical (unpaired) electrons. The van der Waals surface area contributed by atoms with Gasteiger partial charge in [-0.15, -0.1) is 0 Å². The Kier molecular flexibility index (Phi) is 6.32. The lowest BCUT2D eigenvalue weighted by molar-refractivity contribution is -0.151. The van der Waals surface area contributed by atoms with E-state index < -0.39 is 11.9 Å². The molecular weight excluding hydrogens is 368 g/mol. The molecule has 0 aromatic heterocycles. The molecule has 6 nitrogen and oxygen atoms in total. The van der Waals surface area contributed by atoms with Gasteiger partial charge in [0.2, 0.25) is 5.91 Å². The largest absolute Gasteiger partial charge is 0.455 e. The molecule has 1 heterocycles. The van der Waals surface area contributed by atoms with Crippen molar-refractivity contribution in [2.45, 2.75) is 33.6 Å². The SMILES string of the molecule is CCc1cccc(C)c1NC(=O)COC(=O)[C@@H]1CC(=O)N(c2ccc(C)cc2)C1. The Balaban J connectivity index is 1.55. The molecule has 1 aliphatic heterocycles. The Hall–Kier alpha value is -3.15. The van der Waals surface area contributed by atoms with Crippen molar-refractivity contribution in [1.82, 2.24) is 0 Å². The first kappa shape index (κ1) is 20.6. The molecule has 2 amide bonds. The Morgan fingerprint density at radius 3 is 2.55 bits per heavy atom. The van der Waals surface area contributed by atoms with Crippen LogP contribution < -0.4 is 10.2 Å². The maximum Gasteiger partial charge on any atom is 0.311 e. The van der Waals surface area contributed by atoms with E-state index in [0.717, 1.165) is 34.5 Å². The molecule has 3 rings (SSSR count). The minimum Gasteiger partial charge on any atom is -0.455 e. The van der Waals surface area contributed by atoms with Gasteiger partial charge in [-0.25, -0.2) is 0 Å². The molecule has 29 heavy (non-hydrogen) atoms. The van der Waals surface area contributed by atoms with Gasteiger partial charge in [-0.05, 0) is 43.5 Å². The number of rotatable bonds is 6. The monoisotopic (exact) mass is 394 g/mol. The van der Waals surface area contributed by atoms with Gasteiger partial charge in [0.05, 0.1) is 5.92 Å². The first-order chi connectivity index (χ1) is 13.9. The number of esters is 1. The highest BCUT2D eigenvalue weighted by Gasteiger charge is 2.36. The number of hydrogen-bond acceptors (Lipinski definition) is 4. The summed E-state index contributed by atoms with van der Waals surface area (Å²) < 4.78 is 5.20. The van der Waals surface area contributed by atoms with Crippen LogP contribution in [0.3, 0.4) is 0 Å². The molecule has 0 spiro atoms. The van der Waals surface area contributed by atoms with E-state index >= 15 is 0 Å². The van der Waals surface area contributed by atoms with Crippen LogP contribution in [0.15, 0.2) is 42.5 Å². The average Bonchev–Trinajstić information content (AvgIpc) is 3.10.